The van der Waals surface area contributed by atoms with Gasteiger partial charge in [0.2, 0.25) is 0 Å². The summed E-state index contributed by atoms with van der Waals surface area (Å²) in [5, 5.41) is 8.07. The van der Waals surface area contributed by atoms with E-state index in [1.54, 1.807) is 0 Å². The first-order valence-corrected chi connectivity index (χ1v) is 10.1. The lowest BCUT2D eigenvalue weighted by atomic mass is 10.2. The fourth-order valence-electron chi connectivity index (χ4n) is 3.48. The molecule has 2 aromatic rings. The first kappa shape index (κ1) is 18.8. The number of amides is 2. The molecule has 2 amide bonds. The molecule has 3 rings (SSSR count). The van der Waals surface area contributed by atoms with Crippen LogP contribution in [-0.2, 0) is 0 Å². The lowest BCUT2D eigenvalue weighted by Crippen LogP contribution is -2.38. The summed E-state index contributed by atoms with van der Waals surface area (Å²) < 4.78 is 1.88. The Morgan fingerprint density at radius 2 is 2.00 bits per heavy atom. The largest absolute Gasteiger partial charge is 0.322 e. The second-order valence-electron chi connectivity index (χ2n) is 7.00. The summed E-state index contributed by atoms with van der Waals surface area (Å²) in [6.45, 7) is 5.49. The number of likely N-dealkylation sites (N-methyl/N-ethyl adjacent to an activating group) is 1. The van der Waals surface area contributed by atoms with E-state index in [1.165, 1.54) is 0 Å². The molecule has 26 heavy (non-hydrogen) atoms. The van der Waals surface area contributed by atoms with Gasteiger partial charge in [0.15, 0.2) is 0 Å². The first-order valence-electron chi connectivity index (χ1n) is 8.78. The summed E-state index contributed by atoms with van der Waals surface area (Å²) in [5.74, 6) is 0. The van der Waals surface area contributed by atoms with Crippen molar-refractivity contribution >= 4 is 23.5 Å². The van der Waals surface area contributed by atoms with Crippen molar-refractivity contribution in [3.05, 3.63) is 41.7 Å². The minimum Gasteiger partial charge on any atom is -0.322 e. The number of thioether (sulfide) groups is 1. The van der Waals surface area contributed by atoms with Crippen LogP contribution < -0.4 is 5.32 Å². The highest BCUT2D eigenvalue weighted by atomic mass is 32.2. The number of anilines is 1. The summed E-state index contributed by atoms with van der Waals surface area (Å²) >= 11 is 1.82. The Hall–Kier alpha value is -1.99. The van der Waals surface area contributed by atoms with Crippen LogP contribution in [0.5, 0.6) is 0 Å². The highest BCUT2D eigenvalue weighted by Crippen LogP contribution is 2.26. The summed E-state index contributed by atoms with van der Waals surface area (Å²) in [5.41, 5.74) is 3.66. The van der Waals surface area contributed by atoms with Gasteiger partial charge in [0, 0.05) is 30.1 Å². The number of benzene rings is 1. The summed E-state index contributed by atoms with van der Waals surface area (Å²) in [7, 11) is 4.15. The fraction of sp³-hybridized carbons (Fsp3) is 0.474. The van der Waals surface area contributed by atoms with Gasteiger partial charge in [-0.1, -0.05) is 12.1 Å². The predicted octanol–water partition coefficient (Wildman–Crippen LogP) is 3.00. The Bertz CT molecular complexity index is 788. The van der Waals surface area contributed by atoms with Gasteiger partial charge in [0.1, 0.15) is 0 Å². The standard InChI is InChI=1S/C19H27N5OS/c1-13-10-14(2)24(21-13)16-9-7-6-8-15(16)20-19(25)23-11-17(22(3)4)18(12-23)26-5/h6-10,17-18H,11-12H2,1-5H3,(H,20,25)/t17-,18-/m0/s1. The van der Waals surface area contributed by atoms with Crippen molar-refractivity contribution in [2.75, 3.05) is 38.8 Å². The maximum Gasteiger partial charge on any atom is 0.321 e. The van der Waals surface area contributed by atoms with E-state index >= 15 is 0 Å². The molecular formula is C19H27N5OS. The molecular weight excluding hydrogens is 346 g/mol. The number of nitrogens with zero attached hydrogens (tertiary/aromatic N) is 4. The molecule has 0 bridgehead atoms. The smallest absolute Gasteiger partial charge is 0.321 e. The second kappa shape index (κ2) is 7.72. The van der Waals surface area contributed by atoms with Crippen molar-refractivity contribution in [2.24, 2.45) is 0 Å². The number of aromatic nitrogens is 2. The molecule has 7 heteroatoms. The molecule has 2 atom stereocenters. The molecule has 1 N–H and O–H groups in total. The van der Waals surface area contributed by atoms with Gasteiger partial charge in [0.25, 0.3) is 0 Å². The minimum absolute atomic E-state index is 0.0534. The molecule has 1 aliphatic rings. The third kappa shape index (κ3) is 3.73. The van der Waals surface area contributed by atoms with E-state index in [4.69, 9.17) is 0 Å². The molecule has 2 heterocycles. The number of hydrogen-bond acceptors (Lipinski definition) is 4. The van der Waals surface area contributed by atoms with Gasteiger partial charge in [-0.15, -0.1) is 0 Å². The molecule has 0 unspecified atom stereocenters. The van der Waals surface area contributed by atoms with E-state index in [2.05, 4.69) is 35.7 Å². The van der Waals surface area contributed by atoms with Gasteiger partial charge in [-0.25, -0.2) is 9.48 Å². The predicted molar refractivity (Wildman–Crippen MR) is 108 cm³/mol. The van der Waals surface area contributed by atoms with Crippen molar-refractivity contribution in [1.82, 2.24) is 19.6 Å². The summed E-state index contributed by atoms with van der Waals surface area (Å²) in [4.78, 5) is 17.0. The zero-order chi connectivity index (χ0) is 18.8. The van der Waals surface area contributed by atoms with Crippen LogP contribution in [0.4, 0.5) is 10.5 Å². The van der Waals surface area contributed by atoms with Crippen molar-refractivity contribution < 1.29 is 4.79 Å². The van der Waals surface area contributed by atoms with Crippen molar-refractivity contribution in [1.29, 1.82) is 0 Å². The van der Waals surface area contributed by atoms with Crippen LogP contribution in [0.25, 0.3) is 5.69 Å². The number of likely N-dealkylation sites (tertiary alicyclic amines) is 1. The highest BCUT2D eigenvalue weighted by Gasteiger charge is 2.36. The van der Waals surface area contributed by atoms with Crippen LogP contribution in [0.1, 0.15) is 11.4 Å². The average molecular weight is 374 g/mol. The Morgan fingerprint density at radius 3 is 2.58 bits per heavy atom. The van der Waals surface area contributed by atoms with E-state index in [0.29, 0.717) is 11.3 Å². The molecule has 6 nitrogen and oxygen atoms in total. The molecule has 1 fully saturated rings. The number of para-hydroxylation sites is 2. The van der Waals surface area contributed by atoms with Crippen molar-refractivity contribution in [3.63, 3.8) is 0 Å². The second-order valence-corrected chi connectivity index (χ2v) is 8.07. The van der Waals surface area contributed by atoms with E-state index in [0.717, 1.165) is 35.9 Å². The molecule has 0 aliphatic carbocycles. The van der Waals surface area contributed by atoms with Gasteiger partial charge < -0.3 is 15.1 Å². The van der Waals surface area contributed by atoms with Crippen LogP contribution in [0, 0.1) is 13.8 Å². The average Bonchev–Trinajstić information content (AvgIpc) is 3.18. The van der Waals surface area contributed by atoms with Crippen LogP contribution in [0.3, 0.4) is 0 Å². The number of carbonyl (C=O) groups is 1. The lowest BCUT2D eigenvalue weighted by Gasteiger charge is -2.23. The number of aryl methyl sites for hydroxylation is 2. The number of carbonyl (C=O) groups excluding carboxylic acids is 1. The number of nitrogens with one attached hydrogen (secondary N) is 1. The van der Waals surface area contributed by atoms with E-state index in [-0.39, 0.29) is 6.03 Å². The van der Waals surface area contributed by atoms with Crippen molar-refractivity contribution in [3.8, 4) is 5.69 Å². The van der Waals surface area contributed by atoms with Crippen molar-refractivity contribution in [2.45, 2.75) is 25.1 Å². The monoisotopic (exact) mass is 373 g/mol. The number of hydrogen-bond donors (Lipinski definition) is 1. The van der Waals surface area contributed by atoms with Gasteiger partial charge in [-0.05, 0) is 52.4 Å². The van der Waals surface area contributed by atoms with Crippen LogP contribution >= 0.6 is 11.8 Å². The molecule has 1 aromatic carbocycles. The molecule has 1 aliphatic heterocycles. The van der Waals surface area contributed by atoms with Gasteiger partial charge in [0.05, 0.1) is 17.1 Å². The SMILES string of the molecule is CS[C@H]1CN(C(=O)Nc2ccccc2-n2nc(C)cc2C)C[C@@H]1N(C)C. The fourth-order valence-corrected chi connectivity index (χ4v) is 4.45. The van der Waals surface area contributed by atoms with Crippen LogP contribution in [-0.4, -0.2) is 70.3 Å². The Kier molecular flexibility index (Phi) is 5.58. The summed E-state index contributed by atoms with van der Waals surface area (Å²) in [6.07, 6.45) is 2.11. The maximum atomic E-state index is 12.9. The Balaban J connectivity index is 1.80. The van der Waals surface area contributed by atoms with E-state index < -0.39 is 0 Å². The van der Waals surface area contributed by atoms with Gasteiger partial charge in [-0.3, -0.25) is 0 Å². The molecule has 1 aromatic heterocycles. The zero-order valence-electron chi connectivity index (χ0n) is 16.1. The van der Waals surface area contributed by atoms with Gasteiger partial charge in [-0.2, -0.15) is 16.9 Å². The highest BCUT2D eigenvalue weighted by molar-refractivity contribution is 7.99. The zero-order valence-corrected chi connectivity index (χ0v) is 16.9. The van der Waals surface area contributed by atoms with E-state index in [9.17, 15) is 4.79 Å². The third-order valence-corrected chi connectivity index (χ3v) is 5.94. The normalized spacial score (nSPS) is 20.0. The number of rotatable bonds is 4. The topological polar surface area (TPSA) is 53.4 Å². The summed E-state index contributed by atoms with van der Waals surface area (Å²) in [6, 6.07) is 10.2. The quantitative estimate of drug-likeness (QED) is 0.895. The minimum atomic E-state index is -0.0534. The van der Waals surface area contributed by atoms with E-state index in [1.807, 2.05) is 65.5 Å². The molecule has 0 spiro atoms. The van der Waals surface area contributed by atoms with Crippen LogP contribution in [0.15, 0.2) is 30.3 Å². The maximum absolute atomic E-state index is 12.9. The van der Waals surface area contributed by atoms with Gasteiger partial charge >= 0.3 is 6.03 Å². The molecule has 0 saturated carbocycles. The molecule has 0 radical (unpaired) electrons. The van der Waals surface area contributed by atoms with Crippen LogP contribution in [0.2, 0.25) is 0 Å². The number of urea groups is 1. The Labute approximate surface area is 159 Å². The third-order valence-electron chi connectivity index (χ3n) is 4.87. The molecule has 140 valence electrons. The molecule has 1 saturated heterocycles. The Morgan fingerprint density at radius 1 is 1.27 bits per heavy atom. The first-order chi connectivity index (χ1) is 12.4. The lowest BCUT2D eigenvalue weighted by molar-refractivity contribution is 0.216.